The Morgan fingerprint density at radius 2 is 0.447 bits per heavy atom. The standard InChI is InChI=1S/C84H164O17P2/c1-7-9-11-13-15-17-19-21-23-25-27-29-31-33-35-39-43-49-56-62-68-83(88)100-79(72-94-81(86)66-60-54-48-42-38-34-32-30-28-26-24-22-20-18-16-14-12-10-8-2)74-98-102(90,91)96-70-78(85)71-97-103(92,93)99-75-80(73-95-82(87)67-61-55-51-45-47-53-59-65-77(5)6)101-84(89)69-63-57-50-44-40-36-37-41-46-52-58-64-76(3)4/h76-80,85H,7-75H2,1-6H3,(H,90,91)(H,92,93)/t78-,79-,80-/m1/s1. The number of carbonyl (C=O) groups is 4. The molecule has 0 rings (SSSR count). The van der Waals surface area contributed by atoms with Gasteiger partial charge in [0.2, 0.25) is 0 Å². The largest absolute Gasteiger partial charge is 0.472 e. The fourth-order valence-electron chi connectivity index (χ4n) is 13.1. The Bertz CT molecular complexity index is 1980. The monoisotopic (exact) mass is 1510 g/mol. The van der Waals surface area contributed by atoms with Crippen molar-refractivity contribution in [3.8, 4) is 0 Å². The second-order valence-electron chi connectivity index (χ2n) is 31.2. The van der Waals surface area contributed by atoms with Gasteiger partial charge in [-0.2, -0.15) is 0 Å². The van der Waals surface area contributed by atoms with Gasteiger partial charge in [0.1, 0.15) is 19.3 Å². The van der Waals surface area contributed by atoms with Crippen LogP contribution in [0.4, 0.5) is 0 Å². The summed E-state index contributed by atoms with van der Waals surface area (Å²) in [7, 11) is -9.92. The first-order valence-electron chi connectivity index (χ1n) is 43.5. The molecule has 2 unspecified atom stereocenters. The maximum absolute atomic E-state index is 13.1. The summed E-state index contributed by atoms with van der Waals surface area (Å²) < 4.78 is 68.8. The molecule has 19 heteroatoms. The van der Waals surface area contributed by atoms with Crippen LogP contribution in [0.15, 0.2) is 0 Å². The van der Waals surface area contributed by atoms with Crippen LogP contribution in [0.25, 0.3) is 0 Å². The fourth-order valence-corrected chi connectivity index (χ4v) is 14.6. The normalized spacial score (nSPS) is 13.9. The van der Waals surface area contributed by atoms with E-state index in [-0.39, 0.29) is 25.7 Å². The second-order valence-corrected chi connectivity index (χ2v) is 34.1. The van der Waals surface area contributed by atoms with E-state index < -0.39 is 97.5 Å². The third-order valence-electron chi connectivity index (χ3n) is 19.7. The first kappa shape index (κ1) is 101. The highest BCUT2D eigenvalue weighted by Crippen LogP contribution is 2.45. The van der Waals surface area contributed by atoms with Crippen molar-refractivity contribution in [1.29, 1.82) is 0 Å². The number of phosphoric acid groups is 2. The quantitative estimate of drug-likeness (QED) is 0.0222. The second kappa shape index (κ2) is 75.5. The lowest BCUT2D eigenvalue weighted by atomic mass is 10.0. The fraction of sp³-hybridized carbons (Fsp3) is 0.952. The average Bonchev–Trinajstić information content (AvgIpc) is 0.923. The number of unbranched alkanes of at least 4 members (excludes halogenated alkanes) is 53. The van der Waals surface area contributed by atoms with Crippen LogP contribution < -0.4 is 0 Å². The van der Waals surface area contributed by atoms with Gasteiger partial charge in [-0.05, 0) is 37.5 Å². The summed E-state index contributed by atoms with van der Waals surface area (Å²) in [5.41, 5.74) is 0. The van der Waals surface area contributed by atoms with Crippen molar-refractivity contribution in [3.63, 3.8) is 0 Å². The summed E-state index contributed by atoms with van der Waals surface area (Å²) in [6.45, 7) is 9.60. The molecule has 103 heavy (non-hydrogen) atoms. The molecule has 0 fully saturated rings. The Morgan fingerprint density at radius 1 is 0.262 bits per heavy atom. The number of hydrogen-bond donors (Lipinski definition) is 3. The van der Waals surface area contributed by atoms with E-state index in [1.807, 2.05) is 0 Å². The zero-order chi connectivity index (χ0) is 75.6. The van der Waals surface area contributed by atoms with Crippen LogP contribution in [0.2, 0.25) is 0 Å². The van der Waals surface area contributed by atoms with Gasteiger partial charge in [0.15, 0.2) is 12.2 Å². The minimum atomic E-state index is -4.96. The minimum absolute atomic E-state index is 0.106. The summed E-state index contributed by atoms with van der Waals surface area (Å²) in [4.78, 5) is 73.1. The van der Waals surface area contributed by atoms with E-state index in [1.165, 1.54) is 257 Å². The van der Waals surface area contributed by atoms with Crippen molar-refractivity contribution in [1.82, 2.24) is 0 Å². The van der Waals surface area contributed by atoms with E-state index >= 15 is 0 Å². The zero-order valence-corrected chi connectivity index (χ0v) is 69.4. The predicted molar refractivity (Wildman–Crippen MR) is 423 cm³/mol. The van der Waals surface area contributed by atoms with E-state index in [0.717, 1.165) is 102 Å². The van der Waals surface area contributed by atoms with Crippen molar-refractivity contribution in [2.45, 2.75) is 464 Å². The van der Waals surface area contributed by atoms with Crippen LogP contribution in [0.3, 0.4) is 0 Å². The molecule has 0 aromatic carbocycles. The lowest BCUT2D eigenvalue weighted by Crippen LogP contribution is -2.30. The number of aliphatic hydroxyl groups excluding tert-OH is 1. The van der Waals surface area contributed by atoms with Crippen LogP contribution in [-0.2, 0) is 65.4 Å². The number of aliphatic hydroxyl groups is 1. The molecule has 0 aliphatic heterocycles. The Balaban J connectivity index is 5.22. The molecule has 0 heterocycles. The van der Waals surface area contributed by atoms with Crippen molar-refractivity contribution >= 4 is 39.5 Å². The van der Waals surface area contributed by atoms with E-state index in [0.29, 0.717) is 31.6 Å². The lowest BCUT2D eigenvalue weighted by molar-refractivity contribution is -0.161. The summed E-state index contributed by atoms with van der Waals surface area (Å²) in [6.07, 6.45) is 66.8. The molecule has 0 aliphatic carbocycles. The summed E-state index contributed by atoms with van der Waals surface area (Å²) >= 11 is 0. The molecule has 0 amide bonds. The zero-order valence-electron chi connectivity index (χ0n) is 67.6. The van der Waals surface area contributed by atoms with E-state index in [4.69, 9.17) is 37.0 Å². The molecular formula is C84H164O17P2. The van der Waals surface area contributed by atoms with Crippen LogP contribution in [-0.4, -0.2) is 96.7 Å². The molecule has 612 valence electrons. The van der Waals surface area contributed by atoms with Gasteiger partial charge in [0.05, 0.1) is 26.4 Å². The predicted octanol–water partition coefficient (Wildman–Crippen LogP) is 25.5. The molecule has 0 radical (unpaired) electrons. The van der Waals surface area contributed by atoms with Crippen molar-refractivity contribution in [2.24, 2.45) is 11.8 Å². The Kier molecular flexibility index (Phi) is 74.1. The molecule has 3 N–H and O–H groups in total. The van der Waals surface area contributed by atoms with Gasteiger partial charge < -0.3 is 33.8 Å². The number of phosphoric ester groups is 2. The number of hydrogen-bond acceptors (Lipinski definition) is 15. The molecule has 0 spiro atoms. The first-order chi connectivity index (χ1) is 49.9. The molecule has 0 aromatic heterocycles. The highest BCUT2D eigenvalue weighted by molar-refractivity contribution is 7.47. The highest BCUT2D eigenvalue weighted by atomic mass is 31.2. The third kappa shape index (κ3) is 78.0. The summed E-state index contributed by atoms with van der Waals surface area (Å²) in [5, 5.41) is 10.7. The molecule has 0 aliphatic rings. The van der Waals surface area contributed by atoms with Gasteiger partial charge in [-0.3, -0.25) is 37.3 Å². The Hall–Kier alpha value is -1.94. The molecule has 17 nitrogen and oxygen atoms in total. The van der Waals surface area contributed by atoms with Gasteiger partial charge in [0.25, 0.3) is 0 Å². The van der Waals surface area contributed by atoms with E-state index in [1.54, 1.807) is 0 Å². The Labute approximate surface area is 632 Å². The smallest absolute Gasteiger partial charge is 0.462 e. The van der Waals surface area contributed by atoms with Crippen LogP contribution in [0, 0.1) is 11.8 Å². The van der Waals surface area contributed by atoms with Gasteiger partial charge in [-0.15, -0.1) is 0 Å². The highest BCUT2D eigenvalue weighted by Gasteiger charge is 2.30. The SMILES string of the molecule is CCCCCCCCCCCCCCCCCCCCCCC(=O)O[C@H](COC(=O)CCCCCCCCCCCCCCCCCCCCC)COP(=O)(O)OC[C@@H](O)COP(=O)(O)OC[C@@H](COC(=O)CCCCCCCCCC(C)C)OC(=O)CCCCCCCCCCCCCC(C)C. The maximum Gasteiger partial charge on any atom is 0.472 e. The van der Waals surface area contributed by atoms with Gasteiger partial charge in [-0.25, -0.2) is 9.13 Å². The van der Waals surface area contributed by atoms with Crippen LogP contribution in [0.1, 0.15) is 446 Å². The summed E-state index contributed by atoms with van der Waals surface area (Å²) in [6, 6.07) is 0. The number of esters is 4. The van der Waals surface area contributed by atoms with Crippen molar-refractivity contribution in [2.75, 3.05) is 39.6 Å². The topological polar surface area (TPSA) is 237 Å². The number of carbonyl (C=O) groups excluding carboxylic acids is 4. The molecule has 0 saturated carbocycles. The van der Waals surface area contributed by atoms with E-state index in [9.17, 15) is 43.2 Å². The minimum Gasteiger partial charge on any atom is -0.462 e. The third-order valence-corrected chi connectivity index (χ3v) is 21.6. The molecule has 5 atom stereocenters. The van der Waals surface area contributed by atoms with Gasteiger partial charge in [-0.1, -0.05) is 395 Å². The molecule has 0 aromatic rings. The number of rotatable bonds is 83. The van der Waals surface area contributed by atoms with E-state index in [2.05, 4.69) is 41.5 Å². The average molecular weight is 1510 g/mol. The summed E-state index contributed by atoms with van der Waals surface area (Å²) in [5.74, 6) is -0.637. The maximum atomic E-state index is 13.1. The molecule has 0 saturated heterocycles. The Morgan fingerprint density at radius 3 is 0.660 bits per heavy atom. The van der Waals surface area contributed by atoms with Crippen LogP contribution in [0.5, 0.6) is 0 Å². The van der Waals surface area contributed by atoms with Crippen molar-refractivity contribution < 1.29 is 80.2 Å². The first-order valence-corrected chi connectivity index (χ1v) is 46.5. The van der Waals surface area contributed by atoms with Crippen LogP contribution >= 0.6 is 15.6 Å². The molecule has 0 bridgehead atoms. The number of ether oxygens (including phenoxy) is 4. The molecular weight excluding hydrogens is 1340 g/mol. The van der Waals surface area contributed by atoms with Gasteiger partial charge in [0, 0.05) is 25.7 Å². The van der Waals surface area contributed by atoms with Crippen molar-refractivity contribution in [3.05, 3.63) is 0 Å². The lowest BCUT2D eigenvalue weighted by Gasteiger charge is -2.21. The van der Waals surface area contributed by atoms with Gasteiger partial charge >= 0.3 is 39.5 Å².